The second-order valence-corrected chi connectivity index (χ2v) is 7.66. The number of hydrogen-bond acceptors (Lipinski definition) is 3. The molecule has 0 saturated heterocycles. The quantitative estimate of drug-likeness (QED) is 0.685. The van der Waals surface area contributed by atoms with E-state index in [1.807, 2.05) is 6.07 Å². The lowest BCUT2D eigenvalue weighted by Gasteiger charge is -2.17. The fourth-order valence-electron chi connectivity index (χ4n) is 1.29. The highest BCUT2D eigenvalue weighted by Crippen LogP contribution is 2.49. The van der Waals surface area contributed by atoms with Crippen molar-refractivity contribution in [3.63, 3.8) is 0 Å². The summed E-state index contributed by atoms with van der Waals surface area (Å²) in [5.41, 5.74) is 0.800. The van der Waals surface area contributed by atoms with Gasteiger partial charge < -0.3 is 10.00 Å². The molecule has 0 bridgehead atoms. The van der Waals surface area contributed by atoms with Crippen molar-refractivity contribution in [2.24, 2.45) is 0 Å². The molecule has 0 fully saturated rings. The molecular formula is C10H14NO4PS. The minimum Gasteiger partial charge on any atom is -0.480 e. The summed E-state index contributed by atoms with van der Waals surface area (Å²) in [4.78, 5) is 20.4. The van der Waals surface area contributed by atoms with Crippen molar-refractivity contribution in [2.75, 3.05) is 6.26 Å². The van der Waals surface area contributed by atoms with Crippen LogP contribution in [0.1, 0.15) is 5.56 Å². The maximum atomic E-state index is 11.4. The van der Waals surface area contributed by atoms with Gasteiger partial charge in [-0.2, -0.15) is 0 Å². The number of benzene rings is 1. The van der Waals surface area contributed by atoms with E-state index in [1.165, 1.54) is 6.26 Å². The monoisotopic (exact) mass is 275 g/mol. The molecule has 2 atom stereocenters. The SMILES string of the molecule is CSP(=O)(O)N[C@H](Cc1ccccc1)C(=O)O. The van der Waals surface area contributed by atoms with Gasteiger partial charge in [0.25, 0.3) is 0 Å². The fraction of sp³-hybridized carbons (Fsp3) is 0.300. The Kier molecular flexibility index (Phi) is 5.21. The van der Waals surface area contributed by atoms with Crippen molar-refractivity contribution < 1.29 is 19.4 Å². The summed E-state index contributed by atoms with van der Waals surface area (Å²) in [5.74, 6) is -1.14. The molecule has 17 heavy (non-hydrogen) atoms. The molecule has 0 saturated carbocycles. The molecule has 1 aromatic rings. The molecule has 0 heterocycles. The smallest absolute Gasteiger partial charge is 0.324 e. The van der Waals surface area contributed by atoms with Gasteiger partial charge in [0.05, 0.1) is 0 Å². The number of nitrogens with one attached hydrogen (secondary N) is 1. The van der Waals surface area contributed by atoms with Crippen LogP contribution >= 0.6 is 18.1 Å². The Labute approximate surface area is 103 Å². The largest absolute Gasteiger partial charge is 0.480 e. The number of carbonyl (C=O) groups is 1. The van der Waals surface area contributed by atoms with Gasteiger partial charge in [0.2, 0.25) is 0 Å². The molecule has 7 heteroatoms. The molecule has 1 aromatic carbocycles. The Balaban J connectivity index is 2.75. The van der Waals surface area contributed by atoms with Gasteiger partial charge in [0, 0.05) is 0 Å². The summed E-state index contributed by atoms with van der Waals surface area (Å²) < 4.78 is 11.4. The molecule has 0 aliphatic heterocycles. The van der Waals surface area contributed by atoms with Crippen LogP contribution in [-0.4, -0.2) is 28.3 Å². The Bertz CT molecular complexity index is 426. The Morgan fingerprint density at radius 2 is 2.06 bits per heavy atom. The summed E-state index contributed by atoms with van der Waals surface area (Å²) in [6.45, 7) is -3.63. The van der Waals surface area contributed by atoms with E-state index in [1.54, 1.807) is 24.3 Å². The highest BCUT2D eigenvalue weighted by molar-refractivity contribution is 8.55. The van der Waals surface area contributed by atoms with Crippen LogP contribution in [0.4, 0.5) is 0 Å². The van der Waals surface area contributed by atoms with Crippen LogP contribution < -0.4 is 5.09 Å². The molecule has 3 N–H and O–H groups in total. The van der Waals surface area contributed by atoms with Crippen LogP contribution in [0.5, 0.6) is 0 Å². The van der Waals surface area contributed by atoms with Gasteiger partial charge in [-0.1, -0.05) is 41.7 Å². The van der Waals surface area contributed by atoms with Crippen molar-refractivity contribution >= 4 is 24.1 Å². The van der Waals surface area contributed by atoms with E-state index in [-0.39, 0.29) is 6.42 Å². The molecule has 1 rings (SSSR count). The second-order valence-electron chi connectivity index (χ2n) is 3.41. The molecule has 0 spiro atoms. The van der Waals surface area contributed by atoms with Gasteiger partial charge in [0.1, 0.15) is 6.04 Å². The van der Waals surface area contributed by atoms with Crippen molar-refractivity contribution in [3.8, 4) is 0 Å². The molecule has 0 aliphatic carbocycles. The number of carboxylic acid groups (broad SMARTS) is 1. The van der Waals surface area contributed by atoms with Crippen molar-refractivity contribution in [3.05, 3.63) is 35.9 Å². The lowest BCUT2D eigenvalue weighted by Crippen LogP contribution is -2.35. The predicted octanol–water partition coefficient (Wildman–Crippen LogP) is 1.74. The summed E-state index contributed by atoms with van der Waals surface area (Å²) >= 11 is 0.720. The first kappa shape index (κ1) is 14.3. The first-order chi connectivity index (χ1) is 7.94. The maximum Gasteiger partial charge on any atom is 0.324 e. The molecular weight excluding hydrogens is 261 g/mol. The van der Waals surface area contributed by atoms with Gasteiger partial charge in [-0.3, -0.25) is 9.36 Å². The van der Waals surface area contributed by atoms with Crippen molar-refractivity contribution in [2.45, 2.75) is 12.5 Å². The van der Waals surface area contributed by atoms with E-state index in [2.05, 4.69) is 5.09 Å². The molecule has 1 unspecified atom stereocenters. The molecule has 0 aliphatic rings. The third kappa shape index (κ3) is 4.91. The van der Waals surface area contributed by atoms with E-state index < -0.39 is 18.7 Å². The van der Waals surface area contributed by atoms with Crippen LogP contribution in [0.2, 0.25) is 0 Å². The molecule has 0 amide bonds. The van der Waals surface area contributed by atoms with Gasteiger partial charge in [-0.25, -0.2) is 5.09 Å². The zero-order chi connectivity index (χ0) is 12.9. The highest BCUT2D eigenvalue weighted by Gasteiger charge is 2.26. The molecule has 5 nitrogen and oxygen atoms in total. The normalized spacial score (nSPS) is 16.1. The lowest BCUT2D eigenvalue weighted by atomic mass is 10.1. The average molecular weight is 275 g/mol. The standard InChI is InChI=1S/C10H14NO4PS/c1-17-16(14,15)11-9(10(12)13)7-8-5-3-2-4-6-8/h2-6,9H,7H2,1H3,(H,12,13)(H2,11,14,15)/t9-/m1/s1. The zero-order valence-electron chi connectivity index (χ0n) is 9.24. The predicted molar refractivity (Wildman–Crippen MR) is 68.0 cm³/mol. The Morgan fingerprint density at radius 1 is 1.47 bits per heavy atom. The lowest BCUT2D eigenvalue weighted by molar-refractivity contribution is -0.139. The van der Waals surface area contributed by atoms with E-state index in [9.17, 15) is 14.3 Å². The third-order valence-corrected chi connectivity index (χ3v) is 5.08. The highest BCUT2D eigenvalue weighted by atomic mass is 32.7. The Hall–Kier alpha value is -0.810. The summed E-state index contributed by atoms with van der Waals surface area (Å²) in [6, 6.07) is 7.90. The number of aliphatic carboxylic acids is 1. The summed E-state index contributed by atoms with van der Waals surface area (Å²) in [5, 5.41) is 11.3. The van der Waals surface area contributed by atoms with Crippen molar-refractivity contribution in [1.82, 2.24) is 5.09 Å². The molecule has 0 aromatic heterocycles. The van der Waals surface area contributed by atoms with E-state index >= 15 is 0 Å². The van der Waals surface area contributed by atoms with Crippen LogP contribution in [0.15, 0.2) is 30.3 Å². The van der Waals surface area contributed by atoms with Crippen LogP contribution in [0, 0.1) is 0 Å². The van der Waals surface area contributed by atoms with E-state index in [0.29, 0.717) is 0 Å². The summed E-state index contributed by atoms with van der Waals surface area (Å²) in [6.07, 6.45) is 1.62. The summed E-state index contributed by atoms with van der Waals surface area (Å²) in [7, 11) is 0. The number of hydrogen-bond donors (Lipinski definition) is 3. The van der Waals surface area contributed by atoms with E-state index in [0.717, 1.165) is 16.9 Å². The Morgan fingerprint density at radius 3 is 2.53 bits per heavy atom. The van der Waals surface area contributed by atoms with E-state index in [4.69, 9.17) is 5.11 Å². The number of rotatable bonds is 6. The fourth-order valence-corrected chi connectivity index (χ4v) is 2.69. The second kappa shape index (κ2) is 6.21. The van der Waals surface area contributed by atoms with Gasteiger partial charge in [-0.15, -0.1) is 0 Å². The van der Waals surface area contributed by atoms with Crippen LogP contribution in [-0.2, 0) is 15.8 Å². The van der Waals surface area contributed by atoms with Crippen LogP contribution in [0.3, 0.4) is 0 Å². The topological polar surface area (TPSA) is 86.6 Å². The average Bonchev–Trinajstić information content (AvgIpc) is 2.29. The van der Waals surface area contributed by atoms with Crippen LogP contribution in [0.25, 0.3) is 0 Å². The zero-order valence-corrected chi connectivity index (χ0v) is 10.9. The maximum absolute atomic E-state index is 11.4. The number of carboxylic acids is 1. The van der Waals surface area contributed by atoms with Gasteiger partial charge in [-0.05, 0) is 18.2 Å². The molecule has 94 valence electrons. The minimum absolute atomic E-state index is 0.168. The van der Waals surface area contributed by atoms with Crippen molar-refractivity contribution in [1.29, 1.82) is 0 Å². The molecule has 0 radical (unpaired) electrons. The minimum atomic E-state index is -3.63. The third-order valence-electron chi connectivity index (χ3n) is 2.15. The van der Waals surface area contributed by atoms with Gasteiger partial charge >= 0.3 is 12.7 Å². The van der Waals surface area contributed by atoms with Gasteiger partial charge in [0.15, 0.2) is 0 Å². The first-order valence-corrected chi connectivity index (χ1v) is 8.36. The first-order valence-electron chi connectivity index (χ1n) is 4.87.